The molecule has 0 aliphatic heterocycles. The van der Waals surface area contributed by atoms with Gasteiger partial charge in [0.15, 0.2) is 0 Å². The monoisotopic (exact) mass is 394 g/mol. The molecule has 0 saturated carbocycles. The van der Waals surface area contributed by atoms with Crippen LogP contribution in [-0.4, -0.2) is 32.4 Å². The molecule has 0 spiro atoms. The van der Waals surface area contributed by atoms with E-state index in [2.05, 4.69) is 18.7 Å². The SMILES string of the molecule is C[Si](O)(c1ccccc1)[Si](C)(c1ccccc1)[Si](C)(O)c1ccccc1. The van der Waals surface area contributed by atoms with Gasteiger partial charge in [0.2, 0.25) is 15.7 Å². The third kappa shape index (κ3) is 2.96. The zero-order valence-electron chi connectivity index (χ0n) is 15.6. The van der Waals surface area contributed by atoms with E-state index in [1.807, 2.05) is 92.0 Å². The van der Waals surface area contributed by atoms with Gasteiger partial charge in [0.1, 0.15) is 7.11 Å². The van der Waals surface area contributed by atoms with Gasteiger partial charge in [-0.05, 0) is 23.5 Å². The van der Waals surface area contributed by atoms with Crippen molar-refractivity contribution in [2.75, 3.05) is 0 Å². The standard InChI is InChI=1S/C21H26O2Si3/c1-24(22,19-13-7-4-8-14-19)26(3,21-17-11-6-12-18-21)25(2,23)20-15-9-5-10-16-20/h4-18,22-23H,1-3H3. The Hall–Kier alpha value is -1.77. The van der Waals surface area contributed by atoms with Crippen LogP contribution in [0.2, 0.25) is 19.6 Å². The van der Waals surface area contributed by atoms with Crippen LogP contribution in [0.3, 0.4) is 0 Å². The molecule has 0 amide bonds. The molecular formula is C21H26O2Si3. The first-order chi connectivity index (χ1) is 12.3. The summed E-state index contributed by atoms with van der Waals surface area (Å²) in [6, 6.07) is 30.2. The highest BCUT2D eigenvalue weighted by molar-refractivity contribution is 7.74. The Balaban J connectivity index is 2.28. The number of benzene rings is 3. The molecule has 0 bridgehead atoms. The Morgan fingerprint density at radius 1 is 0.462 bits per heavy atom. The molecule has 3 rings (SSSR count). The molecule has 0 radical (unpaired) electrons. The molecule has 3 aromatic carbocycles. The Morgan fingerprint density at radius 3 is 1.04 bits per heavy atom. The average Bonchev–Trinajstić information content (AvgIpc) is 2.69. The smallest absolute Gasteiger partial charge is 0.208 e. The van der Waals surface area contributed by atoms with E-state index in [9.17, 15) is 9.59 Å². The molecular weight excluding hydrogens is 368 g/mol. The van der Waals surface area contributed by atoms with E-state index in [4.69, 9.17) is 0 Å². The minimum absolute atomic E-state index is 1.00. The molecule has 0 aliphatic carbocycles. The maximum absolute atomic E-state index is 12.0. The maximum atomic E-state index is 12.0. The van der Waals surface area contributed by atoms with Gasteiger partial charge in [0, 0.05) is 0 Å². The molecule has 0 aliphatic rings. The lowest BCUT2D eigenvalue weighted by Gasteiger charge is -2.47. The van der Waals surface area contributed by atoms with Crippen molar-refractivity contribution in [3.8, 4) is 0 Å². The Kier molecular flexibility index (Phi) is 5.18. The minimum atomic E-state index is -2.94. The highest BCUT2D eigenvalue weighted by Crippen LogP contribution is 2.26. The zero-order chi connectivity index (χ0) is 18.8. The molecule has 0 saturated heterocycles. The fourth-order valence-electron chi connectivity index (χ4n) is 3.91. The summed E-state index contributed by atoms with van der Waals surface area (Å²) in [6.45, 7) is 6.23. The summed E-state index contributed by atoms with van der Waals surface area (Å²) in [6.07, 6.45) is 0. The van der Waals surface area contributed by atoms with Crippen molar-refractivity contribution in [1.82, 2.24) is 0 Å². The molecule has 2 unspecified atom stereocenters. The highest BCUT2D eigenvalue weighted by Gasteiger charge is 2.63. The van der Waals surface area contributed by atoms with Crippen LogP contribution in [0.4, 0.5) is 0 Å². The lowest BCUT2D eigenvalue weighted by Crippen LogP contribution is -2.87. The predicted octanol–water partition coefficient (Wildman–Crippen LogP) is 2.08. The number of hydrogen-bond donors (Lipinski definition) is 2. The molecule has 2 atom stereocenters. The zero-order valence-corrected chi connectivity index (χ0v) is 18.6. The van der Waals surface area contributed by atoms with Crippen LogP contribution in [0.15, 0.2) is 91.0 Å². The predicted molar refractivity (Wildman–Crippen MR) is 118 cm³/mol. The molecule has 2 N–H and O–H groups in total. The molecule has 0 heterocycles. The lowest BCUT2D eigenvalue weighted by atomic mass is 10.4. The molecule has 0 fully saturated rings. The molecule has 0 aromatic heterocycles. The topological polar surface area (TPSA) is 40.5 Å². The fraction of sp³-hybridized carbons (Fsp3) is 0.143. The van der Waals surface area contributed by atoms with Gasteiger partial charge in [-0.1, -0.05) is 103 Å². The second-order valence-electron chi connectivity index (χ2n) is 7.37. The number of hydrogen-bond acceptors (Lipinski definition) is 2. The summed E-state index contributed by atoms with van der Waals surface area (Å²) in [5, 5.41) is 3.14. The van der Waals surface area contributed by atoms with Crippen molar-refractivity contribution in [2.45, 2.75) is 19.6 Å². The lowest BCUT2D eigenvalue weighted by molar-refractivity contribution is 0.570. The molecule has 26 heavy (non-hydrogen) atoms. The van der Waals surface area contributed by atoms with Crippen LogP contribution >= 0.6 is 0 Å². The van der Waals surface area contributed by atoms with Crippen LogP contribution in [0, 0.1) is 0 Å². The largest absolute Gasteiger partial charge is 0.430 e. The van der Waals surface area contributed by atoms with Crippen molar-refractivity contribution >= 4 is 38.3 Å². The van der Waals surface area contributed by atoms with Crippen LogP contribution < -0.4 is 15.6 Å². The molecule has 5 heteroatoms. The van der Waals surface area contributed by atoms with Gasteiger partial charge in [0.25, 0.3) is 0 Å². The van der Waals surface area contributed by atoms with Gasteiger partial charge in [0.05, 0.1) is 0 Å². The summed E-state index contributed by atoms with van der Waals surface area (Å²) in [5.74, 6) is 0. The van der Waals surface area contributed by atoms with Crippen LogP contribution in [0.1, 0.15) is 0 Å². The first kappa shape index (κ1) is 19.0. The summed E-state index contributed by atoms with van der Waals surface area (Å²) < 4.78 is 0. The van der Waals surface area contributed by atoms with E-state index < -0.39 is 22.8 Å². The summed E-state index contributed by atoms with van der Waals surface area (Å²) in [4.78, 5) is 24.1. The van der Waals surface area contributed by atoms with E-state index in [1.165, 1.54) is 0 Å². The van der Waals surface area contributed by atoms with Gasteiger partial charge in [-0.25, -0.2) is 0 Å². The van der Waals surface area contributed by atoms with Gasteiger partial charge < -0.3 is 9.59 Å². The summed E-state index contributed by atoms with van der Waals surface area (Å²) in [5.41, 5.74) is 0. The maximum Gasteiger partial charge on any atom is 0.208 e. The minimum Gasteiger partial charge on any atom is -0.430 e. The summed E-state index contributed by atoms with van der Waals surface area (Å²) >= 11 is 0. The van der Waals surface area contributed by atoms with Gasteiger partial charge in [-0.3, -0.25) is 0 Å². The van der Waals surface area contributed by atoms with Crippen molar-refractivity contribution < 1.29 is 9.59 Å². The van der Waals surface area contributed by atoms with Crippen LogP contribution in [0.25, 0.3) is 0 Å². The average molecular weight is 395 g/mol. The van der Waals surface area contributed by atoms with Crippen LogP contribution in [-0.2, 0) is 0 Å². The van der Waals surface area contributed by atoms with Gasteiger partial charge in [-0.15, -0.1) is 0 Å². The van der Waals surface area contributed by atoms with Gasteiger partial charge >= 0.3 is 0 Å². The van der Waals surface area contributed by atoms with Crippen molar-refractivity contribution in [3.63, 3.8) is 0 Å². The van der Waals surface area contributed by atoms with Crippen molar-refractivity contribution in [3.05, 3.63) is 91.0 Å². The Morgan fingerprint density at radius 2 is 0.731 bits per heavy atom. The third-order valence-electron chi connectivity index (χ3n) is 5.97. The highest BCUT2D eigenvalue weighted by atomic mass is 29.7. The first-order valence-electron chi connectivity index (χ1n) is 8.93. The Labute approximate surface area is 158 Å². The van der Waals surface area contributed by atoms with Crippen LogP contribution in [0.5, 0.6) is 0 Å². The number of rotatable bonds is 5. The molecule has 2 nitrogen and oxygen atoms in total. The van der Waals surface area contributed by atoms with Crippen molar-refractivity contribution in [2.24, 2.45) is 0 Å². The first-order valence-corrected chi connectivity index (χ1v) is 18.3. The normalized spacial score (nSPS) is 18.3. The fourth-order valence-corrected chi connectivity index (χ4v) is 32.5. The van der Waals surface area contributed by atoms with Crippen molar-refractivity contribution in [1.29, 1.82) is 0 Å². The third-order valence-corrected chi connectivity index (χ3v) is 38.2. The summed E-state index contributed by atoms with van der Waals surface area (Å²) in [7, 11) is -8.56. The Bertz CT molecular complexity index is 799. The second-order valence-corrected chi connectivity index (χ2v) is 29.0. The van der Waals surface area contributed by atoms with E-state index in [0.29, 0.717) is 0 Å². The second kappa shape index (κ2) is 7.09. The molecule has 3 aromatic rings. The van der Waals surface area contributed by atoms with Gasteiger partial charge in [-0.2, -0.15) is 0 Å². The van der Waals surface area contributed by atoms with E-state index in [0.717, 1.165) is 15.6 Å². The van der Waals surface area contributed by atoms with E-state index in [1.54, 1.807) is 0 Å². The quantitative estimate of drug-likeness (QED) is 0.651. The molecule has 134 valence electrons. The van der Waals surface area contributed by atoms with E-state index in [-0.39, 0.29) is 0 Å². The van der Waals surface area contributed by atoms with E-state index >= 15 is 0 Å².